The zero-order valence-electron chi connectivity index (χ0n) is 11.8. The zero-order valence-corrected chi connectivity index (χ0v) is 13.3. The summed E-state index contributed by atoms with van der Waals surface area (Å²) in [7, 11) is -1.79. The summed E-state index contributed by atoms with van der Waals surface area (Å²) < 4.78 is 26.6. The molecular formula is C13H20ClN3O2S. The predicted octanol–water partition coefficient (Wildman–Crippen LogP) is 2.59. The maximum absolute atomic E-state index is 12.5. The highest BCUT2D eigenvalue weighted by atomic mass is 35.5. The van der Waals surface area contributed by atoms with Crippen molar-refractivity contribution in [1.29, 1.82) is 0 Å². The number of sulfonamides is 1. The average Bonchev–Trinajstić information content (AvgIpc) is 2.88. The van der Waals surface area contributed by atoms with Crippen molar-refractivity contribution in [2.45, 2.75) is 31.1 Å². The van der Waals surface area contributed by atoms with Gasteiger partial charge in [0.2, 0.25) is 10.0 Å². The Labute approximate surface area is 125 Å². The topological polar surface area (TPSA) is 62.3 Å². The molecule has 7 heteroatoms. The van der Waals surface area contributed by atoms with E-state index in [0.29, 0.717) is 29.8 Å². The van der Waals surface area contributed by atoms with Gasteiger partial charge in [-0.3, -0.25) is 0 Å². The normalized spacial score (nSPS) is 20.2. The number of anilines is 1. The molecule has 1 unspecified atom stereocenters. The summed E-state index contributed by atoms with van der Waals surface area (Å²) in [4.78, 5) is 4.21. The molecule has 1 saturated heterocycles. The molecule has 0 aromatic carbocycles. The molecule has 2 rings (SSSR count). The molecule has 1 aliphatic heterocycles. The minimum Gasteiger partial charge on any atom is -0.372 e. The fourth-order valence-electron chi connectivity index (χ4n) is 2.55. The van der Waals surface area contributed by atoms with Gasteiger partial charge in [0.15, 0.2) is 0 Å². The molecule has 1 aromatic rings. The van der Waals surface area contributed by atoms with Gasteiger partial charge in [-0.1, -0.05) is 24.9 Å². The highest BCUT2D eigenvalue weighted by Crippen LogP contribution is 2.29. The fourth-order valence-corrected chi connectivity index (χ4v) is 4.38. The lowest BCUT2D eigenvalue weighted by molar-refractivity contribution is 0.444. The molecule has 5 nitrogen and oxygen atoms in total. The Kier molecular flexibility index (Phi) is 4.88. The molecule has 112 valence electrons. The predicted molar refractivity (Wildman–Crippen MR) is 80.6 cm³/mol. The minimum atomic E-state index is -3.48. The lowest BCUT2D eigenvalue weighted by Gasteiger charge is -2.17. The highest BCUT2D eigenvalue weighted by Gasteiger charge is 2.32. The van der Waals surface area contributed by atoms with E-state index in [1.807, 2.05) is 0 Å². The van der Waals surface area contributed by atoms with E-state index < -0.39 is 10.0 Å². The van der Waals surface area contributed by atoms with Crippen LogP contribution in [0, 0.1) is 5.92 Å². The van der Waals surface area contributed by atoms with Crippen molar-refractivity contribution >= 4 is 27.4 Å². The largest absolute Gasteiger partial charge is 0.372 e. The maximum Gasteiger partial charge on any atom is 0.244 e. The van der Waals surface area contributed by atoms with Crippen LogP contribution in [-0.2, 0) is 10.0 Å². The first-order chi connectivity index (χ1) is 9.48. The third-order valence-electron chi connectivity index (χ3n) is 3.64. The number of pyridine rings is 1. The van der Waals surface area contributed by atoms with Gasteiger partial charge in [-0.15, -0.1) is 0 Å². The van der Waals surface area contributed by atoms with Crippen LogP contribution in [0.25, 0.3) is 0 Å². The van der Waals surface area contributed by atoms with Crippen LogP contribution in [0.2, 0.25) is 5.02 Å². The van der Waals surface area contributed by atoms with E-state index in [2.05, 4.69) is 17.2 Å². The second-order valence-corrected chi connectivity index (χ2v) is 7.40. The summed E-state index contributed by atoms with van der Waals surface area (Å²) >= 11 is 6.01. The van der Waals surface area contributed by atoms with Crippen molar-refractivity contribution in [3.63, 3.8) is 0 Å². The average molecular weight is 318 g/mol. The van der Waals surface area contributed by atoms with Crippen molar-refractivity contribution in [1.82, 2.24) is 9.29 Å². The SMILES string of the molecule is CCCC1CCN(S(=O)(=O)c2cnc(NC)c(Cl)c2)C1. The third-order valence-corrected chi connectivity index (χ3v) is 5.75. The molecule has 1 fully saturated rings. The number of aromatic nitrogens is 1. The standard InChI is InChI=1S/C13H20ClN3O2S/c1-3-4-10-5-6-17(9-10)20(18,19)11-7-12(14)13(15-2)16-8-11/h7-8,10H,3-6,9H2,1-2H3,(H,15,16). The maximum atomic E-state index is 12.5. The molecule has 2 heterocycles. The van der Waals surface area contributed by atoms with Gasteiger partial charge in [0.1, 0.15) is 10.7 Å². The van der Waals surface area contributed by atoms with E-state index in [-0.39, 0.29) is 4.90 Å². The van der Waals surface area contributed by atoms with Crippen LogP contribution in [0.5, 0.6) is 0 Å². The fraction of sp³-hybridized carbons (Fsp3) is 0.615. The quantitative estimate of drug-likeness (QED) is 0.906. The number of halogens is 1. The summed E-state index contributed by atoms with van der Waals surface area (Å²) in [6.45, 7) is 3.30. The Bertz CT molecular complexity index is 577. The third kappa shape index (κ3) is 3.07. The van der Waals surface area contributed by atoms with Crippen LogP contribution < -0.4 is 5.32 Å². The molecule has 0 aliphatic carbocycles. The Balaban J connectivity index is 2.21. The summed E-state index contributed by atoms with van der Waals surface area (Å²) in [6.07, 6.45) is 4.45. The van der Waals surface area contributed by atoms with E-state index in [0.717, 1.165) is 19.3 Å². The van der Waals surface area contributed by atoms with E-state index in [4.69, 9.17) is 11.6 Å². The van der Waals surface area contributed by atoms with Crippen LogP contribution >= 0.6 is 11.6 Å². The zero-order chi connectivity index (χ0) is 14.8. The van der Waals surface area contributed by atoms with Gasteiger partial charge >= 0.3 is 0 Å². The van der Waals surface area contributed by atoms with Gasteiger partial charge in [0.25, 0.3) is 0 Å². The lowest BCUT2D eigenvalue weighted by atomic mass is 10.0. The van der Waals surface area contributed by atoms with Crippen LogP contribution in [0.4, 0.5) is 5.82 Å². The molecule has 1 N–H and O–H groups in total. The van der Waals surface area contributed by atoms with E-state index >= 15 is 0 Å². The molecule has 0 spiro atoms. The molecule has 1 aromatic heterocycles. The summed E-state index contributed by atoms with van der Waals surface area (Å²) in [5.74, 6) is 0.950. The van der Waals surface area contributed by atoms with Crippen molar-refractivity contribution in [2.75, 3.05) is 25.5 Å². The van der Waals surface area contributed by atoms with Crippen molar-refractivity contribution < 1.29 is 8.42 Å². The molecular weight excluding hydrogens is 298 g/mol. The van der Waals surface area contributed by atoms with Gasteiger partial charge in [-0.2, -0.15) is 4.31 Å². The van der Waals surface area contributed by atoms with Crippen LogP contribution in [0.1, 0.15) is 26.2 Å². The second-order valence-electron chi connectivity index (χ2n) is 5.06. The first-order valence-corrected chi connectivity index (χ1v) is 8.64. The number of nitrogens with one attached hydrogen (secondary N) is 1. The summed E-state index contributed by atoms with van der Waals surface area (Å²) in [5, 5.41) is 3.13. The summed E-state index contributed by atoms with van der Waals surface area (Å²) in [5.41, 5.74) is 0. The van der Waals surface area contributed by atoms with Crippen LogP contribution in [-0.4, -0.2) is 37.8 Å². The number of hydrogen-bond donors (Lipinski definition) is 1. The van der Waals surface area contributed by atoms with Gasteiger partial charge in [0, 0.05) is 26.3 Å². The monoisotopic (exact) mass is 317 g/mol. The Morgan fingerprint density at radius 2 is 2.30 bits per heavy atom. The van der Waals surface area contributed by atoms with E-state index in [1.165, 1.54) is 12.3 Å². The summed E-state index contributed by atoms with van der Waals surface area (Å²) in [6, 6.07) is 1.46. The molecule has 0 amide bonds. The first-order valence-electron chi connectivity index (χ1n) is 6.82. The molecule has 0 bridgehead atoms. The minimum absolute atomic E-state index is 0.165. The van der Waals surface area contributed by atoms with Crippen molar-refractivity contribution in [2.24, 2.45) is 5.92 Å². The Hall–Kier alpha value is -0.850. The highest BCUT2D eigenvalue weighted by molar-refractivity contribution is 7.89. The van der Waals surface area contributed by atoms with Crippen LogP contribution in [0.3, 0.4) is 0 Å². The molecule has 0 radical (unpaired) electrons. The lowest BCUT2D eigenvalue weighted by Crippen LogP contribution is -2.29. The van der Waals surface area contributed by atoms with Crippen LogP contribution in [0.15, 0.2) is 17.2 Å². The van der Waals surface area contributed by atoms with Gasteiger partial charge in [0.05, 0.1) is 5.02 Å². The molecule has 0 saturated carbocycles. The number of nitrogens with zero attached hydrogens (tertiary/aromatic N) is 2. The van der Waals surface area contributed by atoms with Crippen molar-refractivity contribution in [3.05, 3.63) is 17.3 Å². The van der Waals surface area contributed by atoms with Gasteiger partial charge in [-0.05, 0) is 24.8 Å². The number of hydrogen-bond acceptors (Lipinski definition) is 4. The Morgan fingerprint density at radius 3 is 2.90 bits per heavy atom. The first kappa shape index (κ1) is 15.5. The second kappa shape index (κ2) is 6.28. The van der Waals surface area contributed by atoms with E-state index in [9.17, 15) is 8.42 Å². The Morgan fingerprint density at radius 1 is 1.55 bits per heavy atom. The molecule has 1 atom stereocenters. The van der Waals surface area contributed by atoms with E-state index in [1.54, 1.807) is 11.4 Å². The number of rotatable bonds is 5. The van der Waals surface area contributed by atoms with Crippen molar-refractivity contribution in [3.8, 4) is 0 Å². The van der Waals surface area contributed by atoms with Gasteiger partial charge < -0.3 is 5.32 Å². The molecule has 20 heavy (non-hydrogen) atoms. The smallest absolute Gasteiger partial charge is 0.244 e. The van der Waals surface area contributed by atoms with Gasteiger partial charge in [-0.25, -0.2) is 13.4 Å². The molecule has 1 aliphatic rings.